The molecule has 0 aromatic heterocycles. The van der Waals surface area contributed by atoms with Crippen molar-refractivity contribution in [3.05, 3.63) is 35.4 Å². The summed E-state index contributed by atoms with van der Waals surface area (Å²) in [5.41, 5.74) is 1.34. The summed E-state index contributed by atoms with van der Waals surface area (Å²) in [6, 6.07) is 9.28. The fourth-order valence-corrected chi connectivity index (χ4v) is 1.86. The van der Waals surface area contributed by atoms with Crippen LogP contribution in [0.25, 0.3) is 0 Å². The third-order valence-corrected chi connectivity index (χ3v) is 3.01. The van der Waals surface area contributed by atoms with E-state index in [9.17, 15) is 4.79 Å². The molecule has 0 N–H and O–H groups in total. The van der Waals surface area contributed by atoms with Crippen molar-refractivity contribution in [2.24, 2.45) is 0 Å². The average Bonchev–Trinajstić information content (AvgIpc) is 2.45. The van der Waals surface area contributed by atoms with Crippen molar-refractivity contribution in [3.63, 3.8) is 0 Å². The van der Waals surface area contributed by atoms with Crippen LogP contribution in [0.4, 0.5) is 0 Å². The molecule has 0 fully saturated rings. The van der Waals surface area contributed by atoms with Gasteiger partial charge in [0, 0.05) is 12.0 Å². The summed E-state index contributed by atoms with van der Waals surface area (Å²) in [4.78, 5) is 11.5. The number of hydrogen-bond donors (Lipinski definition) is 0. The van der Waals surface area contributed by atoms with E-state index in [1.54, 1.807) is 12.1 Å². The molecule has 0 saturated heterocycles. The maximum absolute atomic E-state index is 11.5. The molecule has 0 aliphatic rings. The maximum Gasteiger partial charge on any atom is 0.306 e. The molecule has 0 bridgehead atoms. The van der Waals surface area contributed by atoms with E-state index in [4.69, 9.17) is 10.00 Å². The number of ether oxygens (including phenoxy) is 1. The Bertz CT molecular complexity index is 435. The van der Waals surface area contributed by atoms with E-state index in [-0.39, 0.29) is 12.6 Å². The molecule has 0 unspecified atom stereocenters. The van der Waals surface area contributed by atoms with E-state index < -0.39 is 0 Å². The highest BCUT2D eigenvalue weighted by molar-refractivity contribution is 5.69. The minimum atomic E-state index is -0.177. The van der Waals surface area contributed by atoms with Gasteiger partial charge in [0.25, 0.3) is 0 Å². The minimum absolute atomic E-state index is 0.177. The van der Waals surface area contributed by atoms with E-state index in [1.807, 2.05) is 12.1 Å². The lowest BCUT2D eigenvalue weighted by atomic mass is 10.1. The second kappa shape index (κ2) is 9.16. The summed E-state index contributed by atoms with van der Waals surface area (Å²) in [6.45, 7) is 2.36. The molecule has 19 heavy (non-hydrogen) atoms. The molecule has 1 aromatic rings. The molecule has 0 spiro atoms. The number of benzene rings is 1. The smallest absolute Gasteiger partial charge is 0.306 e. The van der Waals surface area contributed by atoms with Gasteiger partial charge in [0.2, 0.25) is 0 Å². The molecule has 0 heterocycles. The Balaban J connectivity index is 2.25. The van der Waals surface area contributed by atoms with Crippen LogP contribution in [-0.4, -0.2) is 5.97 Å². The molecule has 0 aliphatic carbocycles. The highest BCUT2D eigenvalue weighted by Crippen LogP contribution is 2.10. The van der Waals surface area contributed by atoms with Crippen LogP contribution >= 0.6 is 0 Å². The van der Waals surface area contributed by atoms with Gasteiger partial charge in [-0.2, -0.15) is 5.26 Å². The van der Waals surface area contributed by atoms with Crippen LogP contribution in [0.15, 0.2) is 24.3 Å². The van der Waals surface area contributed by atoms with Crippen molar-refractivity contribution in [2.75, 3.05) is 0 Å². The van der Waals surface area contributed by atoms with Crippen molar-refractivity contribution in [3.8, 4) is 6.07 Å². The molecule has 0 atom stereocenters. The molecular formula is C16H21NO2. The highest BCUT2D eigenvalue weighted by Gasteiger charge is 2.06. The SMILES string of the molecule is CCCCCCCC(=O)OCc1ccccc1C#N. The summed E-state index contributed by atoms with van der Waals surface area (Å²) >= 11 is 0. The van der Waals surface area contributed by atoms with Crippen molar-refractivity contribution < 1.29 is 9.53 Å². The lowest BCUT2D eigenvalue weighted by Gasteiger charge is -2.06. The van der Waals surface area contributed by atoms with Gasteiger partial charge in [0.05, 0.1) is 11.6 Å². The van der Waals surface area contributed by atoms with Crippen LogP contribution in [0.3, 0.4) is 0 Å². The fraction of sp³-hybridized carbons (Fsp3) is 0.500. The van der Waals surface area contributed by atoms with Gasteiger partial charge >= 0.3 is 5.97 Å². The molecular weight excluding hydrogens is 238 g/mol. The fourth-order valence-electron chi connectivity index (χ4n) is 1.86. The van der Waals surface area contributed by atoms with Crippen LogP contribution in [0.5, 0.6) is 0 Å². The average molecular weight is 259 g/mol. The molecule has 0 radical (unpaired) electrons. The summed E-state index contributed by atoms with van der Waals surface area (Å²) in [6.07, 6.45) is 6.05. The monoisotopic (exact) mass is 259 g/mol. The molecule has 3 nitrogen and oxygen atoms in total. The maximum atomic E-state index is 11.5. The van der Waals surface area contributed by atoms with Gasteiger partial charge in [-0.1, -0.05) is 50.8 Å². The standard InChI is InChI=1S/C16H21NO2/c1-2-3-4-5-6-11-16(18)19-13-15-10-8-7-9-14(15)12-17/h7-10H,2-6,11,13H2,1H3. The van der Waals surface area contributed by atoms with Gasteiger partial charge in [-0.25, -0.2) is 0 Å². The Labute approximate surface area is 115 Å². The number of carbonyl (C=O) groups excluding carboxylic acids is 1. The summed E-state index contributed by atoms with van der Waals surface area (Å²) < 4.78 is 5.19. The van der Waals surface area contributed by atoms with Crippen LogP contribution in [0.1, 0.15) is 56.6 Å². The van der Waals surface area contributed by atoms with Crippen LogP contribution < -0.4 is 0 Å². The van der Waals surface area contributed by atoms with E-state index in [2.05, 4.69) is 13.0 Å². The van der Waals surface area contributed by atoms with Crippen molar-refractivity contribution in [1.29, 1.82) is 5.26 Å². The predicted molar refractivity (Wildman–Crippen MR) is 74.3 cm³/mol. The molecule has 3 heteroatoms. The van der Waals surface area contributed by atoms with Gasteiger partial charge in [0.1, 0.15) is 6.61 Å². The van der Waals surface area contributed by atoms with Crippen molar-refractivity contribution >= 4 is 5.97 Å². The summed E-state index contributed by atoms with van der Waals surface area (Å²) in [7, 11) is 0. The molecule has 1 aromatic carbocycles. The van der Waals surface area contributed by atoms with Crippen LogP contribution in [-0.2, 0) is 16.1 Å². The number of unbranched alkanes of at least 4 members (excludes halogenated alkanes) is 4. The first-order valence-corrected chi connectivity index (χ1v) is 6.91. The van der Waals surface area contributed by atoms with Gasteiger partial charge in [-0.3, -0.25) is 4.79 Å². The molecule has 1 rings (SSSR count). The number of rotatable bonds is 8. The second-order valence-corrected chi connectivity index (χ2v) is 4.59. The van der Waals surface area contributed by atoms with Crippen LogP contribution in [0, 0.1) is 11.3 Å². The topological polar surface area (TPSA) is 50.1 Å². The quantitative estimate of drug-likeness (QED) is 0.524. The third kappa shape index (κ3) is 6.05. The van der Waals surface area contributed by atoms with Gasteiger partial charge < -0.3 is 4.74 Å². The van der Waals surface area contributed by atoms with Crippen LogP contribution in [0.2, 0.25) is 0 Å². The largest absolute Gasteiger partial charge is 0.461 e. The highest BCUT2D eigenvalue weighted by atomic mass is 16.5. The Hall–Kier alpha value is -1.82. The number of nitrogens with zero attached hydrogens (tertiary/aromatic N) is 1. The first-order chi connectivity index (χ1) is 9.27. The van der Waals surface area contributed by atoms with E-state index in [0.29, 0.717) is 12.0 Å². The lowest BCUT2D eigenvalue weighted by molar-refractivity contribution is -0.145. The molecule has 0 aliphatic heterocycles. The summed E-state index contributed by atoms with van der Waals surface area (Å²) in [5.74, 6) is -0.177. The number of esters is 1. The Morgan fingerprint density at radius 3 is 2.68 bits per heavy atom. The van der Waals surface area contributed by atoms with E-state index in [1.165, 1.54) is 19.3 Å². The molecule has 0 saturated carbocycles. The Morgan fingerprint density at radius 2 is 1.95 bits per heavy atom. The lowest BCUT2D eigenvalue weighted by Crippen LogP contribution is -2.05. The van der Waals surface area contributed by atoms with E-state index in [0.717, 1.165) is 18.4 Å². The first-order valence-electron chi connectivity index (χ1n) is 6.91. The van der Waals surface area contributed by atoms with Gasteiger partial charge in [-0.15, -0.1) is 0 Å². The zero-order valence-electron chi connectivity index (χ0n) is 11.5. The van der Waals surface area contributed by atoms with Gasteiger partial charge in [0.15, 0.2) is 0 Å². The second-order valence-electron chi connectivity index (χ2n) is 4.59. The number of hydrogen-bond acceptors (Lipinski definition) is 3. The zero-order valence-corrected chi connectivity index (χ0v) is 11.5. The van der Waals surface area contributed by atoms with Crippen molar-refractivity contribution in [1.82, 2.24) is 0 Å². The normalized spacial score (nSPS) is 9.89. The third-order valence-electron chi connectivity index (χ3n) is 3.01. The number of carbonyl (C=O) groups is 1. The minimum Gasteiger partial charge on any atom is -0.461 e. The van der Waals surface area contributed by atoms with Gasteiger partial charge in [-0.05, 0) is 12.5 Å². The molecule has 102 valence electrons. The summed E-state index contributed by atoms with van der Waals surface area (Å²) in [5, 5.41) is 8.92. The zero-order chi connectivity index (χ0) is 13.9. The Morgan fingerprint density at radius 1 is 1.21 bits per heavy atom. The van der Waals surface area contributed by atoms with E-state index >= 15 is 0 Å². The first kappa shape index (κ1) is 15.2. The van der Waals surface area contributed by atoms with Crippen molar-refractivity contribution in [2.45, 2.75) is 52.1 Å². The number of nitriles is 1. The predicted octanol–water partition coefficient (Wildman–Crippen LogP) is 3.96. The Kier molecular flexibility index (Phi) is 7.34. The molecule has 0 amide bonds.